The number of hydrogen-bond acceptors (Lipinski definition) is 2. The van der Waals surface area contributed by atoms with Gasteiger partial charge in [-0.3, -0.25) is 0 Å². The van der Waals surface area contributed by atoms with Crippen LogP contribution < -0.4 is 0 Å². The second-order valence-electron chi connectivity index (χ2n) is 6.21. The van der Waals surface area contributed by atoms with Gasteiger partial charge in [0.25, 0.3) is 0 Å². The van der Waals surface area contributed by atoms with E-state index in [1.165, 1.54) is 11.1 Å². The lowest BCUT2D eigenvalue weighted by Gasteiger charge is -2.11. The molecule has 1 aliphatic rings. The highest BCUT2D eigenvalue weighted by atomic mass is 16.5. The fraction of sp³-hybridized carbons (Fsp3) is 0.421. The molecule has 0 bridgehead atoms. The topological polar surface area (TPSA) is 26.5 Å². The Balaban J connectivity index is 1.79. The molecule has 116 valence electrons. The van der Waals surface area contributed by atoms with Crippen LogP contribution in [0.1, 0.15) is 37.1 Å². The Bertz CT molecular complexity index is 654. The third-order valence-corrected chi connectivity index (χ3v) is 4.50. The molecule has 2 heterocycles. The standard InChI is InChI=1S/C19H24N2O/c1-4-15(3)17-13-22-19(20-17)18-6-5-11-21(18)12-16-9-7-14(2)8-10-16/h5-11,15,17H,4,12-13H2,1-3H3/t15-,17+/m0/s1. The van der Waals surface area contributed by atoms with Crippen LogP contribution in [0.4, 0.5) is 0 Å². The van der Waals surface area contributed by atoms with E-state index in [9.17, 15) is 0 Å². The first kappa shape index (κ1) is 14.9. The number of benzene rings is 1. The number of hydrogen-bond donors (Lipinski definition) is 0. The lowest BCUT2D eigenvalue weighted by atomic mass is 10.0. The van der Waals surface area contributed by atoms with Crippen molar-refractivity contribution >= 4 is 5.90 Å². The summed E-state index contributed by atoms with van der Waals surface area (Å²) in [4.78, 5) is 4.79. The molecule has 3 heteroatoms. The van der Waals surface area contributed by atoms with E-state index in [4.69, 9.17) is 9.73 Å². The molecule has 0 unspecified atom stereocenters. The maximum atomic E-state index is 5.86. The zero-order chi connectivity index (χ0) is 15.5. The molecular formula is C19H24N2O. The van der Waals surface area contributed by atoms with Gasteiger partial charge < -0.3 is 9.30 Å². The molecule has 3 rings (SSSR count). The molecule has 0 saturated heterocycles. The number of aromatic nitrogens is 1. The molecule has 1 aromatic heterocycles. The molecule has 1 aliphatic heterocycles. The van der Waals surface area contributed by atoms with Gasteiger partial charge in [-0.05, 0) is 30.5 Å². The van der Waals surface area contributed by atoms with Crippen LogP contribution in [0.3, 0.4) is 0 Å². The molecule has 0 spiro atoms. The first-order chi connectivity index (χ1) is 10.7. The van der Waals surface area contributed by atoms with Crippen molar-refractivity contribution in [1.29, 1.82) is 0 Å². The predicted octanol–water partition coefficient (Wildman–Crippen LogP) is 4.04. The van der Waals surface area contributed by atoms with Crippen LogP contribution in [0.2, 0.25) is 0 Å². The molecule has 3 nitrogen and oxygen atoms in total. The number of rotatable bonds is 5. The average molecular weight is 296 g/mol. The summed E-state index contributed by atoms with van der Waals surface area (Å²) in [5, 5.41) is 0. The van der Waals surface area contributed by atoms with E-state index in [0.717, 1.165) is 24.6 Å². The van der Waals surface area contributed by atoms with Crippen LogP contribution >= 0.6 is 0 Å². The van der Waals surface area contributed by atoms with Gasteiger partial charge in [-0.25, -0.2) is 4.99 Å². The van der Waals surface area contributed by atoms with Crippen molar-refractivity contribution in [3.8, 4) is 0 Å². The minimum absolute atomic E-state index is 0.294. The van der Waals surface area contributed by atoms with Crippen LogP contribution in [0.25, 0.3) is 0 Å². The Morgan fingerprint density at radius 1 is 1.27 bits per heavy atom. The van der Waals surface area contributed by atoms with Crippen molar-refractivity contribution in [2.75, 3.05) is 6.61 Å². The number of nitrogens with zero attached hydrogens (tertiary/aromatic N) is 2. The highest BCUT2D eigenvalue weighted by Gasteiger charge is 2.25. The van der Waals surface area contributed by atoms with Gasteiger partial charge >= 0.3 is 0 Å². The molecule has 22 heavy (non-hydrogen) atoms. The molecule has 0 radical (unpaired) electrons. The second kappa shape index (κ2) is 6.39. The zero-order valence-electron chi connectivity index (χ0n) is 13.6. The van der Waals surface area contributed by atoms with Crippen LogP contribution in [0.15, 0.2) is 47.6 Å². The van der Waals surface area contributed by atoms with Gasteiger partial charge in [0.05, 0.1) is 6.04 Å². The van der Waals surface area contributed by atoms with Crippen LogP contribution in [-0.4, -0.2) is 23.1 Å². The average Bonchev–Trinajstić information content (AvgIpc) is 3.17. The maximum absolute atomic E-state index is 5.86. The van der Waals surface area contributed by atoms with E-state index in [0.29, 0.717) is 18.6 Å². The van der Waals surface area contributed by atoms with Gasteiger partial charge in [0.15, 0.2) is 0 Å². The third-order valence-electron chi connectivity index (χ3n) is 4.50. The molecule has 1 aromatic carbocycles. The van der Waals surface area contributed by atoms with Crippen molar-refractivity contribution < 1.29 is 4.74 Å². The zero-order valence-corrected chi connectivity index (χ0v) is 13.6. The Labute approximate surface area is 132 Å². The lowest BCUT2D eigenvalue weighted by molar-refractivity contribution is 0.281. The quantitative estimate of drug-likeness (QED) is 0.818. The fourth-order valence-corrected chi connectivity index (χ4v) is 2.73. The number of ether oxygens (including phenoxy) is 1. The van der Waals surface area contributed by atoms with Gasteiger partial charge in [0.2, 0.25) is 5.90 Å². The van der Waals surface area contributed by atoms with Crippen molar-refractivity contribution in [3.05, 3.63) is 59.4 Å². The summed E-state index contributed by atoms with van der Waals surface area (Å²) >= 11 is 0. The summed E-state index contributed by atoms with van der Waals surface area (Å²) in [5.74, 6) is 1.36. The second-order valence-corrected chi connectivity index (χ2v) is 6.21. The lowest BCUT2D eigenvalue weighted by Crippen LogP contribution is -2.16. The van der Waals surface area contributed by atoms with E-state index >= 15 is 0 Å². The first-order valence-corrected chi connectivity index (χ1v) is 8.09. The van der Waals surface area contributed by atoms with Gasteiger partial charge in [-0.1, -0.05) is 50.1 Å². The van der Waals surface area contributed by atoms with Crippen LogP contribution in [0.5, 0.6) is 0 Å². The Morgan fingerprint density at radius 2 is 2.05 bits per heavy atom. The molecule has 2 atom stereocenters. The van der Waals surface area contributed by atoms with Gasteiger partial charge in [-0.2, -0.15) is 0 Å². The molecule has 0 aliphatic carbocycles. The van der Waals surface area contributed by atoms with E-state index in [1.54, 1.807) is 0 Å². The highest BCUT2D eigenvalue weighted by Crippen LogP contribution is 2.21. The van der Waals surface area contributed by atoms with Gasteiger partial charge in [-0.15, -0.1) is 0 Å². The van der Waals surface area contributed by atoms with E-state index in [2.05, 4.69) is 67.9 Å². The van der Waals surface area contributed by atoms with Crippen molar-refractivity contribution in [3.63, 3.8) is 0 Å². The van der Waals surface area contributed by atoms with Crippen LogP contribution in [-0.2, 0) is 11.3 Å². The molecular weight excluding hydrogens is 272 g/mol. The third kappa shape index (κ3) is 3.08. The molecule has 0 amide bonds. The molecule has 0 saturated carbocycles. The summed E-state index contributed by atoms with van der Waals surface area (Å²) in [6.07, 6.45) is 3.23. The maximum Gasteiger partial charge on any atom is 0.233 e. The summed E-state index contributed by atoms with van der Waals surface area (Å²) in [6.45, 7) is 8.12. The Kier molecular flexibility index (Phi) is 4.32. The van der Waals surface area contributed by atoms with Crippen LogP contribution in [0, 0.1) is 12.8 Å². The Hall–Kier alpha value is -2.03. The van der Waals surface area contributed by atoms with Crippen molar-refractivity contribution in [2.45, 2.75) is 39.8 Å². The molecule has 2 aromatic rings. The smallest absolute Gasteiger partial charge is 0.233 e. The minimum atomic E-state index is 0.294. The number of aryl methyl sites for hydroxylation is 1. The molecule has 0 N–H and O–H groups in total. The van der Waals surface area contributed by atoms with E-state index in [1.807, 2.05) is 0 Å². The summed E-state index contributed by atoms with van der Waals surface area (Å²) in [7, 11) is 0. The summed E-state index contributed by atoms with van der Waals surface area (Å²) in [5.41, 5.74) is 3.66. The number of aliphatic imine (C=N–C) groups is 1. The van der Waals surface area contributed by atoms with Crippen molar-refractivity contribution in [1.82, 2.24) is 4.57 Å². The van der Waals surface area contributed by atoms with Gasteiger partial charge in [0, 0.05) is 12.7 Å². The van der Waals surface area contributed by atoms with Crippen molar-refractivity contribution in [2.24, 2.45) is 10.9 Å². The first-order valence-electron chi connectivity index (χ1n) is 8.09. The minimum Gasteiger partial charge on any atom is -0.474 e. The SMILES string of the molecule is CC[C@H](C)[C@H]1COC(c2cccn2Cc2ccc(C)cc2)=N1. The molecule has 0 fully saturated rings. The largest absolute Gasteiger partial charge is 0.474 e. The normalized spacial score (nSPS) is 18.9. The summed E-state index contributed by atoms with van der Waals surface area (Å²) in [6, 6.07) is 13.1. The fourth-order valence-electron chi connectivity index (χ4n) is 2.73. The van der Waals surface area contributed by atoms with E-state index in [-0.39, 0.29) is 0 Å². The summed E-state index contributed by atoms with van der Waals surface area (Å²) < 4.78 is 8.07. The predicted molar refractivity (Wildman–Crippen MR) is 90.4 cm³/mol. The van der Waals surface area contributed by atoms with E-state index < -0.39 is 0 Å². The van der Waals surface area contributed by atoms with Gasteiger partial charge in [0.1, 0.15) is 12.3 Å². The Morgan fingerprint density at radius 3 is 2.77 bits per heavy atom. The highest BCUT2D eigenvalue weighted by molar-refractivity contribution is 5.93. The monoisotopic (exact) mass is 296 g/mol.